The molecule has 0 bridgehead atoms. The van der Waals surface area contributed by atoms with E-state index in [1.54, 1.807) is 6.92 Å². The van der Waals surface area contributed by atoms with Crippen molar-refractivity contribution in [1.29, 1.82) is 0 Å². The zero-order valence-electron chi connectivity index (χ0n) is 23.7. The Kier molecular flexibility index (Phi) is 6.45. The molecular weight excluding hydrogens is 584 g/mol. The average Bonchev–Trinajstić information content (AvgIpc) is 3.30. The monoisotopic (exact) mass is 610 g/mol. The molecule has 0 radical (unpaired) electrons. The molecule has 14 heteroatoms. The second-order valence-electron chi connectivity index (χ2n) is 10.3. The van der Waals surface area contributed by atoms with Crippen LogP contribution in [0.3, 0.4) is 0 Å². The summed E-state index contributed by atoms with van der Waals surface area (Å²) in [6.45, 7) is 1.71. The van der Waals surface area contributed by atoms with Crippen molar-refractivity contribution in [3.05, 3.63) is 61.5 Å². The lowest BCUT2D eigenvalue weighted by atomic mass is 9.66. The van der Waals surface area contributed by atoms with Gasteiger partial charge in [-0.2, -0.15) is 4.98 Å². The number of H-pyrrole nitrogens is 1. The number of hydrogen-bond donors (Lipinski definition) is 4. The SMILES string of the molecule is COc1cc(C2C3=C(C[C@@H](C)[C@]4(Oc5c(Cl)c(OC)cc(OC)c5C4=O)C3=O)Nc3nc(N)[nH]c(=O)c32)cc(OC)c1O. The lowest BCUT2D eigenvalue weighted by Crippen LogP contribution is -2.58. The number of fused-ring (bicyclic) bond motifs is 2. The third-order valence-electron chi connectivity index (χ3n) is 8.19. The van der Waals surface area contributed by atoms with Crippen LogP contribution in [-0.2, 0) is 4.79 Å². The van der Waals surface area contributed by atoms with Gasteiger partial charge in [-0.1, -0.05) is 18.5 Å². The summed E-state index contributed by atoms with van der Waals surface area (Å²) >= 11 is 6.58. The molecule has 3 atom stereocenters. The highest BCUT2D eigenvalue weighted by Gasteiger charge is 2.63. The number of carbonyl (C=O) groups excluding carboxylic acids is 2. The second kappa shape index (κ2) is 9.83. The van der Waals surface area contributed by atoms with E-state index >= 15 is 0 Å². The summed E-state index contributed by atoms with van der Waals surface area (Å²) in [5.74, 6) is -3.04. The van der Waals surface area contributed by atoms with Gasteiger partial charge < -0.3 is 39.8 Å². The lowest BCUT2D eigenvalue weighted by Gasteiger charge is -2.42. The number of carbonyl (C=O) groups is 2. The highest BCUT2D eigenvalue weighted by Crippen LogP contribution is 2.56. The van der Waals surface area contributed by atoms with Gasteiger partial charge in [0.15, 0.2) is 17.2 Å². The first-order valence-electron chi connectivity index (χ1n) is 13.1. The molecule has 1 spiro atoms. The summed E-state index contributed by atoms with van der Waals surface area (Å²) < 4.78 is 27.8. The Balaban J connectivity index is 1.61. The Morgan fingerprint density at radius 3 is 2.23 bits per heavy atom. The Morgan fingerprint density at radius 2 is 1.63 bits per heavy atom. The minimum absolute atomic E-state index is 0.0103. The number of nitrogen functional groups attached to an aromatic ring is 1. The number of aromatic nitrogens is 2. The van der Waals surface area contributed by atoms with E-state index in [0.29, 0.717) is 11.3 Å². The molecule has 3 aliphatic rings. The van der Waals surface area contributed by atoms with E-state index in [2.05, 4.69) is 15.3 Å². The number of halogens is 1. The topological polar surface area (TPSA) is 184 Å². The molecule has 1 aliphatic carbocycles. The van der Waals surface area contributed by atoms with Gasteiger partial charge in [0.25, 0.3) is 5.56 Å². The molecule has 1 aromatic heterocycles. The predicted octanol–water partition coefficient (Wildman–Crippen LogP) is 3.18. The number of nitrogens with two attached hydrogens (primary N) is 1. The molecule has 2 aliphatic heterocycles. The van der Waals surface area contributed by atoms with E-state index in [1.165, 1.54) is 46.6 Å². The normalized spacial score (nSPS) is 21.9. The number of hydrogen-bond acceptors (Lipinski definition) is 12. The van der Waals surface area contributed by atoms with Crippen LogP contribution in [0.4, 0.5) is 11.8 Å². The number of methoxy groups -OCH3 is 4. The van der Waals surface area contributed by atoms with Crippen molar-refractivity contribution < 1.29 is 38.4 Å². The van der Waals surface area contributed by atoms with Crippen LogP contribution in [-0.4, -0.2) is 60.7 Å². The van der Waals surface area contributed by atoms with Crippen LogP contribution in [0, 0.1) is 5.92 Å². The van der Waals surface area contributed by atoms with Crippen LogP contribution in [0.2, 0.25) is 5.02 Å². The first kappa shape index (κ1) is 28.2. The maximum Gasteiger partial charge on any atom is 0.258 e. The molecule has 1 unspecified atom stereocenters. The Hall–Kier alpha value is -4.91. The Labute approximate surface area is 249 Å². The van der Waals surface area contributed by atoms with Gasteiger partial charge in [-0.15, -0.1) is 0 Å². The number of benzene rings is 2. The van der Waals surface area contributed by atoms with E-state index in [-0.39, 0.29) is 74.4 Å². The number of rotatable bonds is 5. The van der Waals surface area contributed by atoms with E-state index in [4.69, 9.17) is 41.0 Å². The third-order valence-corrected chi connectivity index (χ3v) is 8.54. The van der Waals surface area contributed by atoms with Crippen molar-refractivity contribution in [2.24, 2.45) is 5.92 Å². The van der Waals surface area contributed by atoms with E-state index in [0.717, 1.165) is 0 Å². The summed E-state index contributed by atoms with van der Waals surface area (Å²) in [7, 11) is 5.48. The number of phenols is 1. The minimum atomic E-state index is -2.04. The van der Waals surface area contributed by atoms with Gasteiger partial charge in [0, 0.05) is 29.2 Å². The molecule has 0 saturated heterocycles. The van der Waals surface area contributed by atoms with E-state index in [9.17, 15) is 19.5 Å². The molecule has 6 rings (SSSR count). The van der Waals surface area contributed by atoms with E-state index < -0.39 is 34.6 Å². The number of ether oxygens (including phenoxy) is 5. The second-order valence-corrected chi connectivity index (χ2v) is 10.7. The summed E-state index contributed by atoms with van der Waals surface area (Å²) in [5.41, 5.74) is 4.13. The van der Waals surface area contributed by atoms with Crippen LogP contribution < -0.4 is 40.3 Å². The molecule has 0 saturated carbocycles. The molecule has 13 nitrogen and oxygen atoms in total. The number of ketones is 2. The highest BCUT2D eigenvalue weighted by molar-refractivity contribution is 6.36. The molecule has 43 heavy (non-hydrogen) atoms. The van der Waals surface area contributed by atoms with Crippen molar-refractivity contribution in [2.45, 2.75) is 24.9 Å². The number of nitrogens with zero attached hydrogens (tertiary/aromatic N) is 1. The highest BCUT2D eigenvalue weighted by atomic mass is 35.5. The number of nitrogens with one attached hydrogen (secondary N) is 2. The summed E-state index contributed by atoms with van der Waals surface area (Å²) in [6, 6.07) is 4.41. The number of Topliss-reactive ketones (excluding diaryl/α,β-unsaturated/α-hetero) is 2. The average molecular weight is 611 g/mol. The van der Waals surface area contributed by atoms with Crippen LogP contribution in [0.1, 0.15) is 40.7 Å². The molecule has 3 aromatic rings. The third kappa shape index (κ3) is 3.77. The van der Waals surface area contributed by atoms with Crippen molar-refractivity contribution in [2.75, 3.05) is 39.5 Å². The standard InChI is InChI=1S/C29H27ClN4O9/c1-10-6-12-18(24(36)29(10)25(37)19-13(39-2)9-14(40-3)21(30)23(19)43-29)17(20-26(32-12)33-28(31)34-27(20)38)11-7-15(41-4)22(35)16(8-11)42-5/h7-10,17,35H,6H2,1-5H3,(H4,31,32,33,34,38)/t10-,17?,29+/m1/s1. The Bertz CT molecular complexity index is 1810. The zero-order valence-corrected chi connectivity index (χ0v) is 24.5. The van der Waals surface area contributed by atoms with Gasteiger partial charge in [-0.25, -0.2) is 0 Å². The fraction of sp³-hybridized carbons (Fsp3) is 0.310. The van der Waals surface area contributed by atoms with Gasteiger partial charge in [0.1, 0.15) is 27.9 Å². The molecular formula is C29H27ClN4O9. The number of anilines is 2. The first-order valence-corrected chi connectivity index (χ1v) is 13.5. The molecule has 224 valence electrons. The maximum atomic E-state index is 14.9. The summed E-state index contributed by atoms with van der Waals surface area (Å²) in [5, 5.41) is 13.7. The van der Waals surface area contributed by atoms with Gasteiger partial charge >= 0.3 is 0 Å². The lowest BCUT2D eigenvalue weighted by molar-refractivity contribution is -0.130. The number of allylic oxidation sites excluding steroid dienone is 1. The van der Waals surface area contributed by atoms with Crippen molar-refractivity contribution in [3.63, 3.8) is 0 Å². The minimum Gasteiger partial charge on any atom is -0.502 e. The van der Waals surface area contributed by atoms with Crippen molar-refractivity contribution in [3.8, 4) is 34.5 Å². The van der Waals surface area contributed by atoms with Gasteiger partial charge in [0.05, 0.1) is 34.0 Å². The molecule has 0 amide bonds. The first-order chi connectivity index (χ1) is 20.5. The number of aromatic amines is 1. The quantitative estimate of drug-likeness (QED) is 0.310. The van der Waals surface area contributed by atoms with Crippen LogP contribution >= 0.6 is 11.6 Å². The van der Waals surface area contributed by atoms with E-state index in [1.807, 2.05) is 0 Å². The van der Waals surface area contributed by atoms with Crippen molar-refractivity contribution >= 4 is 34.9 Å². The largest absolute Gasteiger partial charge is 0.502 e. The molecule has 2 aromatic carbocycles. The fourth-order valence-electron chi connectivity index (χ4n) is 6.18. The van der Waals surface area contributed by atoms with Crippen LogP contribution in [0.5, 0.6) is 34.5 Å². The van der Waals surface area contributed by atoms with Crippen molar-refractivity contribution in [1.82, 2.24) is 9.97 Å². The maximum absolute atomic E-state index is 14.9. The number of phenolic OH excluding ortho intramolecular Hbond substituents is 1. The summed E-state index contributed by atoms with van der Waals surface area (Å²) in [4.78, 5) is 49.4. The Morgan fingerprint density at radius 1 is 1.00 bits per heavy atom. The number of aromatic hydroxyl groups is 1. The van der Waals surface area contributed by atoms with Gasteiger partial charge in [-0.05, 0) is 24.1 Å². The fourth-order valence-corrected chi connectivity index (χ4v) is 6.45. The predicted molar refractivity (Wildman–Crippen MR) is 154 cm³/mol. The van der Waals surface area contributed by atoms with Crippen LogP contribution in [0.25, 0.3) is 0 Å². The summed E-state index contributed by atoms with van der Waals surface area (Å²) in [6.07, 6.45) is 0.147. The smallest absolute Gasteiger partial charge is 0.258 e. The zero-order chi connectivity index (χ0) is 31.0. The van der Waals surface area contributed by atoms with Gasteiger partial charge in [0.2, 0.25) is 28.9 Å². The molecule has 5 N–H and O–H groups in total. The molecule has 0 fully saturated rings. The molecule has 3 heterocycles. The van der Waals surface area contributed by atoms with Crippen LogP contribution in [0.15, 0.2) is 34.3 Å². The van der Waals surface area contributed by atoms with Gasteiger partial charge in [-0.3, -0.25) is 19.4 Å².